The first-order valence-electron chi connectivity index (χ1n) is 7.82. The molecule has 136 valence electrons. The standard InChI is InChI=1S/C17H20BrNO6/c1-23-16(21)11-5-7-19(8-6-11)15(20)10-25-14-4-3-12(9-13(14)18)17(22)24-2/h3-4,9,11H,5-8,10H2,1-2H3. The molecule has 1 amide bonds. The molecule has 0 saturated carbocycles. The molecule has 1 heterocycles. The number of piperidine rings is 1. The SMILES string of the molecule is COC(=O)c1ccc(OCC(=O)N2CCC(C(=O)OC)CC2)c(Br)c1. The van der Waals surface area contributed by atoms with E-state index in [1.54, 1.807) is 23.1 Å². The predicted molar refractivity (Wildman–Crippen MR) is 92.3 cm³/mol. The molecule has 0 unspecified atom stereocenters. The van der Waals surface area contributed by atoms with Crippen LogP contribution in [0.25, 0.3) is 0 Å². The van der Waals surface area contributed by atoms with Crippen molar-refractivity contribution < 1.29 is 28.6 Å². The number of likely N-dealkylation sites (tertiary alicyclic amines) is 1. The fraction of sp³-hybridized carbons (Fsp3) is 0.471. The highest BCUT2D eigenvalue weighted by atomic mass is 79.9. The Kier molecular flexibility index (Phi) is 6.81. The topological polar surface area (TPSA) is 82.1 Å². The van der Waals surface area contributed by atoms with Crippen molar-refractivity contribution in [1.29, 1.82) is 0 Å². The van der Waals surface area contributed by atoms with E-state index in [1.807, 2.05) is 0 Å². The highest BCUT2D eigenvalue weighted by molar-refractivity contribution is 9.10. The van der Waals surface area contributed by atoms with E-state index in [0.29, 0.717) is 41.7 Å². The minimum Gasteiger partial charge on any atom is -0.483 e. The maximum absolute atomic E-state index is 12.2. The van der Waals surface area contributed by atoms with Gasteiger partial charge in [0.25, 0.3) is 5.91 Å². The van der Waals surface area contributed by atoms with E-state index >= 15 is 0 Å². The number of rotatable bonds is 5. The lowest BCUT2D eigenvalue weighted by Crippen LogP contribution is -2.42. The molecule has 1 aliphatic heterocycles. The van der Waals surface area contributed by atoms with Gasteiger partial charge in [0.2, 0.25) is 0 Å². The third-order valence-corrected chi connectivity index (χ3v) is 4.71. The van der Waals surface area contributed by atoms with Crippen LogP contribution in [0.5, 0.6) is 5.75 Å². The number of carbonyl (C=O) groups is 3. The van der Waals surface area contributed by atoms with Crippen LogP contribution in [0.2, 0.25) is 0 Å². The average molecular weight is 414 g/mol. The smallest absolute Gasteiger partial charge is 0.337 e. The molecular formula is C17H20BrNO6. The minimum absolute atomic E-state index is 0.112. The van der Waals surface area contributed by atoms with Gasteiger partial charge in [-0.15, -0.1) is 0 Å². The number of esters is 2. The fourth-order valence-corrected chi connectivity index (χ4v) is 3.12. The molecule has 7 nitrogen and oxygen atoms in total. The van der Waals surface area contributed by atoms with E-state index in [4.69, 9.17) is 9.47 Å². The lowest BCUT2D eigenvalue weighted by molar-refractivity contribution is -0.149. The van der Waals surface area contributed by atoms with Crippen molar-refractivity contribution in [3.05, 3.63) is 28.2 Å². The van der Waals surface area contributed by atoms with Crippen LogP contribution >= 0.6 is 15.9 Å². The molecule has 0 atom stereocenters. The van der Waals surface area contributed by atoms with Crippen LogP contribution < -0.4 is 4.74 Å². The summed E-state index contributed by atoms with van der Waals surface area (Å²) in [5, 5.41) is 0. The third kappa shape index (κ3) is 4.94. The Labute approximate surface area is 154 Å². The number of hydrogen-bond donors (Lipinski definition) is 0. The molecule has 0 aliphatic carbocycles. The van der Waals surface area contributed by atoms with Gasteiger partial charge in [0.05, 0.1) is 30.2 Å². The van der Waals surface area contributed by atoms with Crippen molar-refractivity contribution in [2.75, 3.05) is 33.9 Å². The highest BCUT2D eigenvalue weighted by Gasteiger charge is 2.28. The zero-order valence-electron chi connectivity index (χ0n) is 14.1. The second-order valence-corrected chi connectivity index (χ2v) is 6.46. The van der Waals surface area contributed by atoms with Gasteiger partial charge in [0, 0.05) is 13.1 Å². The summed E-state index contributed by atoms with van der Waals surface area (Å²) in [6.45, 7) is 0.897. The molecule has 1 aliphatic rings. The molecule has 25 heavy (non-hydrogen) atoms. The summed E-state index contributed by atoms with van der Waals surface area (Å²) in [6, 6.07) is 4.75. The van der Waals surface area contributed by atoms with E-state index in [9.17, 15) is 14.4 Å². The lowest BCUT2D eigenvalue weighted by atomic mass is 9.97. The van der Waals surface area contributed by atoms with Crippen LogP contribution in [0.15, 0.2) is 22.7 Å². The molecule has 0 aromatic heterocycles. The van der Waals surface area contributed by atoms with Gasteiger partial charge in [-0.05, 0) is 47.0 Å². The number of hydrogen-bond acceptors (Lipinski definition) is 6. The van der Waals surface area contributed by atoms with Crippen LogP contribution in [0.3, 0.4) is 0 Å². The first kappa shape index (κ1) is 19.2. The average Bonchev–Trinajstić information content (AvgIpc) is 2.65. The first-order chi connectivity index (χ1) is 12.0. The maximum Gasteiger partial charge on any atom is 0.337 e. The number of benzene rings is 1. The Morgan fingerprint density at radius 3 is 2.40 bits per heavy atom. The molecule has 1 fully saturated rings. The summed E-state index contributed by atoms with van der Waals surface area (Å²) in [6.07, 6.45) is 1.19. The first-order valence-corrected chi connectivity index (χ1v) is 8.61. The monoisotopic (exact) mass is 413 g/mol. The van der Waals surface area contributed by atoms with Crippen molar-refractivity contribution in [3.63, 3.8) is 0 Å². The molecule has 1 aromatic rings. The van der Waals surface area contributed by atoms with Gasteiger partial charge in [0.1, 0.15) is 5.75 Å². The Morgan fingerprint density at radius 2 is 1.84 bits per heavy atom. The van der Waals surface area contributed by atoms with E-state index < -0.39 is 5.97 Å². The van der Waals surface area contributed by atoms with Gasteiger partial charge in [-0.2, -0.15) is 0 Å². The highest BCUT2D eigenvalue weighted by Crippen LogP contribution is 2.26. The van der Waals surface area contributed by atoms with Crippen LogP contribution in [0, 0.1) is 5.92 Å². The normalized spacial score (nSPS) is 14.8. The minimum atomic E-state index is -0.447. The van der Waals surface area contributed by atoms with Crippen molar-refractivity contribution in [1.82, 2.24) is 4.90 Å². The number of carbonyl (C=O) groups excluding carboxylic acids is 3. The number of ether oxygens (including phenoxy) is 3. The number of methoxy groups -OCH3 is 2. The Morgan fingerprint density at radius 1 is 1.16 bits per heavy atom. The van der Waals surface area contributed by atoms with Crippen molar-refractivity contribution in [3.8, 4) is 5.75 Å². The zero-order valence-corrected chi connectivity index (χ0v) is 15.7. The van der Waals surface area contributed by atoms with Gasteiger partial charge in [0.15, 0.2) is 6.61 Å². The van der Waals surface area contributed by atoms with Crippen LogP contribution in [0.4, 0.5) is 0 Å². The van der Waals surface area contributed by atoms with Gasteiger partial charge in [-0.3, -0.25) is 9.59 Å². The van der Waals surface area contributed by atoms with Gasteiger partial charge >= 0.3 is 11.9 Å². The van der Waals surface area contributed by atoms with Crippen LogP contribution in [0.1, 0.15) is 23.2 Å². The van der Waals surface area contributed by atoms with E-state index in [2.05, 4.69) is 20.7 Å². The maximum atomic E-state index is 12.2. The summed E-state index contributed by atoms with van der Waals surface area (Å²) in [5.41, 5.74) is 0.387. The second-order valence-electron chi connectivity index (χ2n) is 5.60. The van der Waals surface area contributed by atoms with Gasteiger partial charge in [-0.25, -0.2) is 4.79 Å². The summed E-state index contributed by atoms with van der Waals surface area (Å²) < 4.78 is 15.5. The second kappa shape index (κ2) is 8.84. The Hall–Kier alpha value is -2.09. The van der Waals surface area contributed by atoms with Crippen molar-refractivity contribution in [2.24, 2.45) is 5.92 Å². The van der Waals surface area contributed by atoms with E-state index in [0.717, 1.165) is 0 Å². The fourth-order valence-electron chi connectivity index (χ4n) is 2.62. The van der Waals surface area contributed by atoms with E-state index in [-0.39, 0.29) is 24.4 Å². The quantitative estimate of drug-likeness (QED) is 0.686. The summed E-state index contributed by atoms with van der Waals surface area (Å²) >= 11 is 3.31. The molecule has 0 radical (unpaired) electrons. The lowest BCUT2D eigenvalue weighted by Gasteiger charge is -2.30. The molecule has 1 saturated heterocycles. The molecule has 0 spiro atoms. The van der Waals surface area contributed by atoms with Gasteiger partial charge in [-0.1, -0.05) is 0 Å². The number of nitrogens with zero attached hydrogens (tertiary/aromatic N) is 1. The van der Waals surface area contributed by atoms with Crippen molar-refractivity contribution in [2.45, 2.75) is 12.8 Å². The summed E-state index contributed by atoms with van der Waals surface area (Å²) in [7, 11) is 2.68. The molecule has 8 heteroatoms. The third-order valence-electron chi connectivity index (χ3n) is 4.09. The molecule has 1 aromatic carbocycles. The Bertz CT molecular complexity index is 655. The zero-order chi connectivity index (χ0) is 18.4. The number of halogens is 1. The van der Waals surface area contributed by atoms with E-state index in [1.165, 1.54) is 14.2 Å². The Balaban J connectivity index is 1.86. The van der Waals surface area contributed by atoms with Crippen molar-refractivity contribution >= 4 is 33.8 Å². The predicted octanol–water partition coefficient (Wildman–Crippen LogP) is 2.03. The van der Waals surface area contributed by atoms with Crippen LogP contribution in [-0.2, 0) is 19.1 Å². The molecule has 0 N–H and O–H groups in total. The molecular weight excluding hydrogens is 394 g/mol. The summed E-state index contributed by atoms with van der Waals surface area (Å²) in [5.74, 6) is -0.498. The van der Waals surface area contributed by atoms with Crippen LogP contribution in [-0.4, -0.2) is 56.7 Å². The largest absolute Gasteiger partial charge is 0.483 e. The van der Waals surface area contributed by atoms with Gasteiger partial charge < -0.3 is 19.1 Å². The molecule has 0 bridgehead atoms. The number of amides is 1. The molecule has 2 rings (SSSR count). The summed E-state index contributed by atoms with van der Waals surface area (Å²) in [4.78, 5) is 36.9.